The second-order valence-electron chi connectivity index (χ2n) is 3.81. The van der Waals surface area contributed by atoms with E-state index in [-0.39, 0.29) is 11.9 Å². The third kappa shape index (κ3) is 3.29. The molecule has 1 N–H and O–H groups in total. The summed E-state index contributed by atoms with van der Waals surface area (Å²) in [4.78, 5) is 0. The summed E-state index contributed by atoms with van der Waals surface area (Å²) in [6.45, 7) is 3.57. The lowest BCUT2D eigenvalue weighted by molar-refractivity contribution is 0.0559. The Labute approximate surface area is 89.7 Å². The molecule has 3 heteroatoms. The van der Waals surface area contributed by atoms with Crippen LogP contribution in [-0.4, -0.2) is 18.3 Å². The van der Waals surface area contributed by atoms with E-state index in [0.717, 1.165) is 5.56 Å². The van der Waals surface area contributed by atoms with Crippen LogP contribution in [0.3, 0.4) is 0 Å². The van der Waals surface area contributed by atoms with Crippen LogP contribution in [0.5, 0.6) is 0 Å². The van der Waals surface area contributed by atoms with Crippen LogP contribution in [0, 0.1) is 12.7 Å². The van der Waals surface area contributed by atoms with Gasteiger partial charge in [0, 0.05) is 13.5 Å². The number of halogens is 1. The highest BCUT2D eigenvalue weighted by Gasteiger charge is 2.12. The zero-order valence-electron chi connectivity index (χ0n) is 9.33. The summed E-state index contributed by atoms with van der Waals surface area (Å²) in [5, 5.41) is 9.83. The van der Waals surface area contributed by atoms with Gasteiger partial charge in [0.2, 0.25) is 0 Å². The molecule has 1 aromatic carbocycles. The Morgan fingerprint density at radius 3 is 2.67 bits per heavy atom. The first-order chi connectivity index (χ1) is 7.04. The van der Waals surface area contributed by atoms with Gasteiger partial charge >= 0.3 is 0 Å². The van der Waals surface area contributed by atoms with E-state index < -0.39 is 6.10 Å². The molecule has 0 aliphatic carbocycles. The van der Waals surface area contributed by atoms with Crippen LogP contribution in [0.4, 0.5) is 4.39 Å². The molecule has 0 aliphatic rings. The molecule has 0 fully saturated rings. The Morgan fingerprint density at radius 1 is 1.47 bits per heavy atom. The van der Waals surface area contributed by atoms with Crippen LogP contribution < -0.4 is 0 Å². The Hall–Kier alpha value is -0.930. The van der Waals surface area contributed by atoms with Crippen LogP contribution in [0.2, 0.25) is 0 Å². The van der Waals surface area contributed by atoms with Crippen molar-refractivity contribution >= 4 is 0 Å². The lowest BCUT2D eigenvalue weighted by Crippen LogP contribution is -2.11. The minimum Gasteiger partial charge on any atom is -0.388 e. The molecule has 0 aromatic heterocycles. The van der Waals surface area contributed by atoms with E-state index in [9.17, 15) is 9.50 Å². The van der Waals surface area contributed by atoms with Gasteiger partial charge in [-0.2, -0.15) is 0 Å². The molecular formula is C12H17FO2. The maximum absolute atomic E-state index is 13.0. The maximum Gasteiger partial charge on any atom is 0.126 e. The van der Waals surface area contributed by atoms with E-state index >= 15 is 0 Å². The van der Waals surface area contributed by atoms with Crippen molar-refractivity contribution in [2.75, 3.05) is 7.11 Å². The third-order valence-electron chi connectivity index (χ3n) is 2.52. The van der Waals surface area contributed by atoms with E-state index in [0.29, 0.717) is 12.0 Å². The van der Waals surface area contributed by atoms with Gasteiger partial charge in [0.05, 0.1) is 12.2 Å². The first-order valence-electron chi connectivity index (χ1n) is 5.01. The number of aliphatic hydroxyl groups excluding tert-OH is 1. The average molecular weight is 212 g/mol. The predicted octanol–water partition coefficient (Wildman–Crippen LogP) is 2.59. The molecule has 1 rings (SSSR count). The van der Waals surface area contributed by atoms with Crippen molar-refractivity contribution in [2.45, 2.75) is 32.5 Å². The summed E-state index contributed by atoms with van der Waals surface area (Å²) in [5.41, 5.74) is 1.29. The van der Waals surface area contributed by atoms with Crippen molar-refractivity contribution in [2.24, 2.45) is 0 Å². The average Bonchev–Trinajstić information content (AvgIpc) is 2.21. The molecule has 0 aliphatic heterocycles. The Kier molecular flexibility index (Phi) is 4.24. The van der Waals surface area contributed by atoms with Gasteiger partial charge in [-0.25, -0.2) is 4.39 Å². The first kappa shape index (κ1) is 12.1. The molecular weight excluding hydrogens is 195 g/mol. The van der Waals surface area contributed by atoms with Gasteiger partial charge in [-0.05, 0) is 31.0 Å². The number of rotatable bonds is 4. The molecule has 0 heterocycles. The number of benzene rings is 1. The number of aliphatic hydroxyl groups is 1. The third-order valence-corrected chi connectivity index (χ3v) is 2.52. The SMILES string of the molecule is COC(C)CC(O)c1ccc(F)c(C)c1. The van der Waals surface area contributed by atoms with E-state index in [4.69, 9.17) is 4.74 Å². The molecule has 0 bridgehead atoms. The summed E-state index contributed by atoms with van der Waals surface area (Å²) >= 11 is 0. The van der Waals surface area contributed by atoms with Crippen molar-refractivity contribution in [3.05, 3.63) is 35.1 Å². The fraction of sp³-hybridized carbons (Fsp3) is 0.500. The molecule has 84 valence electrons. The van der Waals surface area contributed by atoms with Crippen molar-refractivity contribution in [3.63, 3.8) is 0 Å². The van der Waals surface area contributed by atoms with Crippen molar-refractivity contribution in [1.82, 2.24) is 0 Å². The standard InChI is InChI=1S/C12H17FO2/c1-8-6-10(4-5-11(8)13)12(14)7-9(2)15-3/h4-6,9,12,14H,7H2,1-3H3. The van der Waals surface area contributed by atoms with Gasteiger partial charge in [0.1, 0.15) is 5.82 Å². The Morgan fingerprint density at radius 2 is 2.13 bits per heavy atom. The highest BCUT2D eigenvalue weighted by molar-refractivity contribution is 5.25. The van der Waals surface area contributed by atoms with E-state index in [1.54, 1.807) is 26.2 Å². The topological polar surface area (TPSA) is 29.5 Å². The molecule has 0 amide bonds. The van der Waals surface area contributed by atoms with Crippen molar-refractivity contribution in [3.8, 4) is 0 Å². The fourth-order valence-corrected chi connectivity index (χ4v) is 1.42. The van der Waals surface area contributed by atoms with Crippen LogP contribution in [0.1, 0.15) is 30.6 Å². The van der Waals surface area contributed by atoms with E-state index in [2.05, 4.69) is 0 Å². The molecule has 15 heavy (non-hydrogen) atoms. The number of methoxy groups -OCH3 is 1. The highest BCUT2D eigenvalue weighted by atomic mass is 19.1. The summed E-state index contributed by atoms with van der Waals surface area (Å²) in [6.07, 6.45) is -0.0914. The van der Waals surface area contributed by atoms with Crippen LogP contribution in [0.15, 0.2) is 18.2 Å². The van der Waals surface area contributed by atoms with Crippen LogP contribution in [-0.2, 0) is 4.74 Å². The predicted molar refractivity (Wildman–Crippen MR) is 57.2 cm³/mol. The first-order valence-corrected chi connectivity index (χ1v) is 5.01. The van der Waals surface area contributed by atoms with Crippen molar-refractivity contribution in [1.29, 1.82) is 0 Å². The van der Waals surface area contributed by atoms with Gasteiger partial charge in [-0.1, -0.05) is 12.1 Å². The van der Waals surface area contributed by atoms with Gasteiger partial charge in [0.15, 0.2) is 0 Å². The fourth-order valence-electron chi connectivity index (χ4n) is 1.42. The van der Waals surface area contributed by atoms with Crippen LogP contribution in [0.25, 0.3) is 0 Å². The lowest BCUT2D eigenvalue weighted by Gasteiger charge is -2.16. The minimum absolute atomic E-state index is 0.00893. The second-order valence-corrected chi connectivity index (χ2v) is 3.81. The van der Waals surface area contributed by atoms with Gasteiger partial charge in [-0.15, -0.1) is 0 Å². The van der Waals surface area contributed by atoms with E-state index in [1.807, 2.05) is 6.92 Å². The molecule has 1 aromatic rings. The van der Waals surface area contributed by atoms with Gasteiger partial charge in [0.25, 0.3) is 0 Å². The zero-order chi connectivity index (χ0) is 11.4. The molecule has 2 unspecified atom stereocenters. The highest BCUT2D eigenvalue weighted by Crippen LogP contribution is 2.21. The summed E-state index contributed by atoms with van der Waals surface area (Å²) in [6, 6.07) is 4.66. The number of hydrogen-bond donors (Lipinski definition) is 1. The monoisotopic (exact) mass is 212 g/mol. The van der Waals surface area contributed by atoms with Gasteiger partial charge in [-0.3, -0.25) is 0 Å². The van der Waals surface area contributed by atoms with Gasteiger partial charge < -0.3 is 9.84 Å². The molecule has 2 nitrogen and oxygen atoms in total. The summed E-state index contributed by atoms with van der Waals surface area (Å²) in [5.74, 6) is -0.245. The quantitative estimate of drug-likeness (QED) is 0.831. The molecule has 0 saturated carbocycles. The largest absolute Gasteiger partial charge is 0.388 e. The maximum atomic E-state index is 13.0. The number of hydrogen-bond acceptors (Lipinski definition) is 2. The second kappa shape index (κ2) is 5.24. The molecule has 0 saturated heterocycles. The number of aryl methyl sites for hydroxylation is 1. The Bertz CT molecular complexity index is 325. The number of ether oxygens (including phenoxy) is 1. The summed E-state index contributed by atoms with van der Waals surface area (Å²) < 4.78 is 18.0. The van der Waals surface area contributed by atoms with Crippen molar-refractivity contribution < 1.29 is 14.2 Å². The smallest absolute Gasteiger partial charge is 0.126 e. The van der Waals surface area contributed by atoms with E-state index in [1.165, 1.54) is 6.07 Å². The lowest BCUT2D eigenvalue weighted by atomic mass is 10.0. The van der Waals surface area contributed by atoms with Crippen LogP contribution >= 0.6 is 0 Å². The Balaban J connectivity index is 2.73. The molecule has 2 atom stereocenters. The normalized spacial score (nSPS) is 15.0. The summed E-state index contributed by atoms with van der Waals surface area (Å²) in [7, 11) is 1.60. The molecule has 0 radical (unpaired) electrons. The molecule has 0 spiro atoms. The zero-order valence-corrected chi connectivity index (χ0v) is 9.33. The minimum atomic E-state index is -0.598.